The Morgan fingerprint density at radius 2 is 1.91 bits per heavy atom. The number of nitrogens with two attached hydrogens (primary N) is 1. The number of phenols is 1. The van der Waals surface area contributed by atoms with E-state index in [9.17, 15) is 23.7 Å². The van der Waals surface area contributed by atoms with Crippen molar-refractivity contribution in [2.24, 2.45) is 0 Å². The maximum absolute atomic E-state index is 12.6. The molecule has 32 heavy (non-hydrogen) atoms. The van der Waals surface area contributed by atoms with Crippen LogP contribution >= 0.6 is 0 Å². The minimum absolute atomic E-state index is 0.0623. The van der Waals surface area contributed by atoms with Crippen LogP contribution < -0.4 is 10.5 Å². The van der Waals surface area contributed by atoms with Crippen LogP contribution in [0.4, 0.5) is 5.82 Å². The van der Waals surface area contributed by atoms with Gasteiger partial charge in [-0.1, -0.05) is 18.2 Å². The number of rotatable bonds is 6. The van der Waals surface area contributed by atoms with Crippen molar-refractivity contribution in [2.75, 3.05) is 12.3 Å². The number of aliphatic hydroxyl groups is 2. The Labute approximate surface area is 181 Å². The molecule has 6 atom stereocenters. The predicted molar refractivity (Wildman–Crippen MR) is 108 cm³/mol. The molecule has 4 heterocycles. The summed E-state index contributed by atoms with van der Waals surface area (Å²) >= 11 is 0. The van der Waals surface area contributed by atoms with Gasteiger partial charge in [-0.05, 0) is 6.07 Å². The van der Waals surface area contributed by atoms with E-state index in [0.29, 0.717) is 16.7 Å². The van der Waals surface area contributed by atoms with Gasteiger partial charge in [0.05, 0.1) is 6.33 Å². The molecular weight excluding hydrogens is 444 g/mol. The Balaban J connectivity index is 1.27. The van der Waals surface area contributed by atoms with Crippen LogP contribution in [-0.2, 0) is 19.5 Å². The maximum Gasteiger partial charge on any atom is 0.241 e. The number of nitrogens with one attached hydrogen (secondary N) is 1. The molecule has 6 N–H and O–H groups in total. The van der Waals surface area contributed by atoms with E-state index in [0.717, 1.165) is 0 Å². The summed E-state index contributed by atoms with van der Waals surface area (Å²) in [6.45, 7) is -0.311. The van der Waals surface area contributed by atoms with Gasteiger partial charge in [0.2, 0.25) is 15.5 Å². The fourth-order valence-electron chi connectivity index (χ4n) is 3.75. The summed E-state index contributed by atoms with van der Waals surface area (Å²) in [4.78, 5) is 12.0. The summed E-state index contributed by atoms with van der Waals surface area (Å²) in [5, 5.41) is 30.8. The van der Waals surface area contributed by atoms with Crippen LogP contribution in [0.25, 0.3) is 11.2 Å². The van der Waals surface area contributed by atoms with E-state index in [1.165, 1.54) is 23.3 Å². The summed E-state index contributed by atoms with van der Waals surface area (Å²) in [5.74, 6) is 0.0854. The number of imidazole rings is 1. The van der Waals surface area contributed by atoms with Crippen LogP contribution in [0.2, 0.25) is 0 Å². The number of ether oxygens (including phenoxy) is 2. The van der Waals surface area contributed by atoms with Crippen molar-refractivity contribution in [2.45, 2.75) is 36.1 Å². The van der Waals surface area contributed by atoms with E-state index in [2.05, 4.69) is 19.7 Å². The van der Waals surface area contributed by atoms with Crippen molar-refractivity contribution in [3.8, 4) is 5.75 Å². The van der Waals surface area contributed by atoms with Crippen LogP contribution in [0, 0.1) is 0 Å². The zero-order valence-corrected chi connectivity index (χ0v) is 17.2. The molecule has 0 radical (unpaired) electrons. The second-order valence-corrected chi connectivity index (χ2v) is 9.35. The highest BCUT2D eigenvalue weighted by Crippen LogP contribution is 2.45. The number of benzene rings is 1. The highest BCUT2D eigenvalue weighted by molar-refractivity contribution is 7.90. The van der Waals surface area contributed by atoms with Gasteiger partial charge in [-0.2, -0.15) is 0 Å². The monoisotopic (exact) mass is 464 g/mol. The number of anilines is 1. The summed E-state index contributed by atoms with van der Waals surface area (Å²) in [6.07, 6.45) is -3.09. The van der Waals surface area contributed by atoms with E-state index >= 15 is 0 Å². The van der Waals surface area contributed by atoms with Gasteiger partial charge in [-0.15, -0.1) is 0 Å². The second-order valence-electron chi connectivity index (χ2n) is 7.51. The fraction of sp³-hybridized carbons (Fsp3) is 0.389. The molecule has 0 bridgehead atoms. The Hall–Kier alpha value is -2.88. The average molecular weight is 464 g/mol. The smallest absolute Gasteiger partial charge is 0.241 e. The van der Waals surface area contributed by atoms with Crippen molar-refractivity contribution >= 4 is 27.0 Å². The zero-order chi connectivity index (χ0) is 22.6. The Bertz CT molecular complexity index is 1270. The summed E-state index contributed by atoms with van der Waals surface area (Å²) in [6, 6.07) is 6.30. The first-order chi connectivity index (χ1) is 15.3. The molecule has 13 nitrogen and oxygen atoms in total. The molecule has 0 aliphatic carbocycles. The molecule has 170 valence electrons. The normalized spacial score (nSPS) is 30.1. The lowest BCUT2D eigenvalue weighted by atomic mass is 10.1. The predicted octanol–water partition coefficient (Wildman–Crippen LogP) is -1.25. The third-order valence-corrected chi connectivity index (χ3v) is 7.02. The molecule has 14 heteroatoms. The lowest BCUT2D eigenvalue weighted by molar-refractivity contribution is -0.0330. The van der Waals surface area contributed by atoms with Gasteiger partial charge in [-0.3, -0.25) is 4.57 Å². The first-order valence-corrected chi connectivity index (χ1v) is 11.2. The summed E-state index contributed by atoms with van der Waals surface area (Å²) < 4.78 is 39.9. The standard InChI is InChI=1S/C18H20N6O7S/c19-15-11-16(21-6-20-15)24(7-22-11)17-13(27)12(26)10(30-17)5-23-32(28,29)18-14(31-18)8-3-1-2-4-9(8)25/h1-4,6-7,10,12-14,17-18,23,25-27H,5H2,(H2,19,20,21)/t10-,12+,13?,14?,17-,18?/m1/s1. The van der Waals surface area contributed by atoms with Crippen LogP contribution in [0.5, 0.6) is 5.75 Å². The van der Waals surface area contributed by atoms with Gasteiger partial charge < -0.3 is 30.5 Å². The van der Waals surface area contributed by atoms with Gasteiger partial charge in [0, 0.05) is 12.1 Å². The fourth-order valence-corrected chi connectivity index (χ4v) is 5.05. The molecule has 0 amide bonds. The molecule has 2 saturated heterocycles. The number of epoxide rings is 1. The number of aromatic nitrogens is 4. The number of hydrogen-bond donors (Lipinski definition) is 5. The topological polar surface area (TPSA) is 198 Å². The minimum Gasteiger partial charge on any atom is -0.508 e. The minimum atomic E-state index is -3.95. The average Bonchev–Trinajstić information content (AvgIpc) is 3.39. The van der Waals surface area contributed by atoms with E-state index in [4.69, 9.17) is 15.2 Å². The van der Waals surface area contributed by atoms with Gasteiger partial charge >= 0.3 is 0 Å². The largest absolute Gasteiger partial charge is 0.508 e. The number of sulfonamides is 1. The van der Waals surface area contributed by atoms with Gasteiger partial charge in [0.15, 0.2) is 17.7 Å². The number of nitrogen functional groups attached to an aromatic ring is 1. The number of nitrogens with zero attached hydrogens (tertiary/aromatic N) is 4. The molecule has 0 saturated carbocycles. The molecule has 2 aliphatic rings. The van der Waals surface area contributed by atoms with Crippen LogP contribution in [0.15, 0.2) is 36.9 Å². The van der Waals surface area contributed by atoms with E-state index in [1.807, 2.05) is 0 Å². The van der Waals surface area contributed by atoms with Crippen LogP contribution in [-0.4, -0.2) is 73.5 Å². The van der Waals surface area contributed by atoms with E-state index < -0.39 is 46.1 Å². The summed E-state index contributed by atoms with van der Waals surface area (Å²) in [7, 11) is -3.95. The Morgan fingerprint density at radius 1 is 1.12 bits per heavy atom. The molecule has 1 aromatic carbocycles. The lowest BCUT2D eigenvalue weighted by Gasteiger charge is -2.16. The molecule has 2 aromatic heterocycles. The quantitative estimate of drug-likeness (QED) is 0.273. The molecule has 0 spiro atoms. The third-order valence-electron chi connectivity index (χ3n) is 5.48. The molecular formula is C18H20N6O7S. The van der Waals surface area contributed by atoms with Crippen molar-refractivity contribution < 1.29 is 33.2 Å². The maximum atomic E-state index is 12.6. The van der Waals surface area contributed by atoms with Gasteiger partial charge in [0.1, 0.15) is 42.0 Å². The van der Waals surface area contributed by atoms with Crippen molar-refractivity contribution in [1.29, 1.82) is 0 Å². The SMILES string of the molecule is Nc1ncnc2c1ncn2[C@@H]1O[C@H](CNS(=O)(=O)C2OC2c2ccccc2O)[C@H](O)C1O. The molecule has 2 aliphatic heterocycles. The molecule has 3 unspecified atom stereocenters. The van der Waals surface area contributed by atoms with Gasteiger partial charge in [0.25, 0.3) is 0 Å². The van der Waals surface area contributed by atoms with Crippen molar-refractivity contribution in [3.05, 3.63) is 42.5 Å². The van der Waals surface area contributed by atoms with Crippen LogP contribution in [0.3, 0.4) is 0 Å². The Morgan fingerprint density at radius 3 is 2.69 bits per heavy atom. The number of aromatic hydroxyl groups is 1. The highest BCUT2D eigenvalue weighted by Gasteiger charge is 2.52. The van der Waals surface area contributed by atoms with Gasteiger partial charge in [-0.25, -0.2) is 28.1 Å². The van der Waals surface area contributed by atoms with E-state index in [-0.39, 0.29) is 18.1 Å². The van der Waals surface area contributed by atoms with Crippen LogP contribution in [0.1, 0.15) is 17.9 Å². The number of phenolic OH excluding ortho intramolecular Hbond substituents is 1. The number of aliphatic hydroxyl groups excluding tert-OH is 2. The van der Waals surface area contributed by atoms with Crippen molar-refractivity contribution in [1.82, 2.24) is 24.2 Å². The lowest BCUT2D eigenvalue weighted by Crippen LogP contribution is -2.41. The number of fused-ring (bicyclic) bond motifs is 1. The second kappa shape index (κ2) is 7.61. The number of hydrogen-bond acceptors (Lipinski definition) is 11. The highest BCUT2D eigenvalue weighted by atomic mass is 32.2. The molecule has 3 aromatic rings. The first kappa shape index (κ1) is 21.0. The summed E-state index contributed by atoms with van der Waals surface area (Å²) in [5.41, 5.74) is 5.55. The van der Waals surface area contributed by atoms with E-state index in [1.54, 1.807) is 18.2 Å². The first-order valence-electron chi connectivity index (χ1n) is 9.64. The zero-order valence-electron chi connectivity index (χ0n) is 16.4. The molecule has 5 rings (SSSR count). The Kier molecular flexibility index (Phi) is 4.99. The van der Waals surface area contributed by atoms with Crippen molar-refractivity contribution in [3.63, 3.8) is 0 Å². The third kappa shape index (κ3) is 3.46. The number of para-hydroxylation sites is 1. The molecule has 2 fully saturated rings.